The first-order valence-corrected chi connectivity index (χ1v) is 6.50. The lowest BCUT2D eigenvalue weighted by Gasteiger charge is -2.15. The maximum absolute atomic E-state index is 11.9. The van der Waals surface area contributed by atoms with Gasteiger partial charge in [-0.1, -0.05) is 13.3 Å². The molecule has 21 heavy (non-hydrogen) atoms. The van der Waals surface area contributed by atoms with Crippen LogP contribution in [0.4, 0.5) is 5.69 Å². The van der Waals surface area contributed by atoms with E-state index in [0.29, 0.717) is 12.2 Å². The number of rotatable bonds is 7. The number of nitrogens with two attached hydrogens (primary N) is 1. The number of aromatic carboxylic acids is 1. The van der Waals surface area contributed by atoms with Crippen LogP contribution in [-0.2, 0) is 4.79 Å². The van der Waals surface area contributed by atoms with Crippen LogP contribution in [0.5, 0.6) is 11.5 Å². The fourth-order valence-corrected chi connectivity index (χ4v) is 1.83. The Labute approximate surface area is 123 Å². The summed E-state index contributed by atoms with van der Waals surface area (Å²) in [5, 5.41) is 11.7. The lowest BCUT2D eigenvalue weighted by Crippen LogP contribution is -2.35. The van der Waals surface area contributed by atoms with Crippen LogP contribution in [0.15, 0.2) is 12.1 Å². The number of nitrogens with one attached hydrogen (secondary N) is 1. The van der Waals surface area contributed by atoms with E-state index in [1.54, 1.807) is 0 Å². The Morgan fingerprint density at radius 2 is 1.86 bits per heavy atom. The van der Waals surface area contributed by atoms with Crippen molar-refractivity contribution in [3.8, 4) is 11.5 Å². The van der Waals surface area contributed by atoms with Crippen molar-refractivity contribution in [1.29, 1.82) is 0 Å². The van der Waals surface area contributed by atoms with Crippen molar-refractivity contribution in [2.75, 3.05) is 19.5 Å². The first-order valence-electron chi connectivity index (χ1n) is 6.50. The maximum Gasteiger partial charge on any atom is 0.337 e. The molecule has 1 rings (SSSR count). The Morgan fingerprint density at radius 3 is 2.33 bits per heavy atom. The standard InChI is InChI=1S/C14H20N2O5/c1-4-5-9(15)13(17)16-10-7-12(21-3)11(20-2)6-8(10)14(18)19/h6-7,9H,4-5,15H2,1-3H3,(H,16,17)(H,18,19). The molecule has 0 bridgehead atoms. The number of amides is 1. The van der Waals surface area contributed by atoms with E-state index in [1.807, 2.05) is 6.92 Å². The maximum atomic E-state index is 11.9. The average Bonchev–Trinajstić information content (AvgIpc) is 2.46. The van der Waals surface area contributed by atoms with Crippen molar-refractivity contribution >= 4 is 17.6 Å². The molecule has 0 aliphatic heterocycles. The summed E-state index contributed by atoms with van der Waals surface area (Å²) in [7, 11) is 2.83. The third-order valence-electron chi connectivity index (χ3n) is 2.95. The number of ether oxygens (including phenoxy) is 2. The highest BCUT2D eigenvalue weighted by atomic mass is 16.5. The highest BCUT2D eigenvalue weighted by molar-refractivity contribution is 6.02. The third kappa shape index (κ3) is 4.09. The molecule has 1 atom stereocenters. The summed E-state index contributed by atoms with van der Waals surface area (Å²) < 4.78 is 10.1. The summed E-state index contributed by atoms with van der Waals surface area (Å²) in [5.41, 5.74) is 5.74. The van der Waals surface area contributed by atoms with Gasteiger partial charge in [0.05, 0.1) is 31.5 Å². The molecule has 1 unspecified atom stereocenters. The summed E-state index contributed by atoms with van der Waals surface area (Å²) in [6.45, 7) is 1.91. The molecule has 0 heterocycles. The summed E-state index contributed by atoms with van der Waals surface area (Å²) in [6, 6.07) is 2.01. The Kier molecular flexibility index (Phi) is 5.98. The molecule has 0 radical (unpaired) electrons. The number of hydrogen-bond donors (Lipinski definition) is 3. The van der Waals surface area contributed by atoms with Crippen molar-refractivity contribution in [3.05, 3.63) is 17.7 Å². The van der Waals surface area contributed by atoms with E-state index in [1.165, 1.54) is 26.4 Å². The minimum atomic E-state index is -1.18. The number of carbonyl (C=O) groups excluding carboxylic acids is 1. The lowest BCUT2D eigenvalue weighted by molar-refractivity contribution is -0.117. The normalized spacial score (nSPS) is 11.6. The number of carbonyl (C=O) groups is 2. The summed E-state index contributed by atoms with van der Waals surface area (Å²) >= 11 is 0. The van der Waals surface area contributed by atoms with Gasteiger partial charge in [-0.05, 0) is 6.42 Å². The molecule has 0 saturated carbocycles. The van der Waals surface area contributed by atoms with Crippen LogP contribution in [0, 0.1) is 0 Å². The quantitative estimate of drug-likeness (QED) is 0.702. The van der Waals surface area contributed by atoms with E-state index >= 15 is 0 Å². The summed E-state index contributed by atoms with van der Waals surface area (Å²) in [5.74, 6) is -1.03. The first-order chi connectivity index (χ1) is 9.94. The Bertz CT molecular complexity index is 530. The number of methoxy groups -OCH3 is 2. The zero-order valence-corrected chi connectivity index (χ0v) is 12.3. The van der Waals surface area contributed by atoms with E-state index in [-0.39, 0.29) is 17.0 Å². The molecule has 0 aliphatic carbocycles. The number of hydrogen-bond acceptors (Lipinski definition) is 5. The van der Waals surface area contributed by atoms with Gasteiger partial charge in [0, 0.05) is 12.1 Å². The predicted octanol–water partition coefficient (Wildman–Crippen LogP) is 1.47. The second kappa shape index (κ2) is 7.49. The molecule has 0 aliphatic rings. The first kappa shape index (κ1) is 16.8. The molecule has 0 fully saturated rings. The van der Waals surface area contributed by atoms with Crippen molar-refractivity contribution in [3.63, 3.8) is 0 Å². The minimum Gasteiger partial charge on any atom is -0.493 e. The smallest absolute Gasteiger partial charge is 0.337 e. The molecular formula is C14H20N2O5. The van der Waals surface area contributed by atoms with Gasteiger partial charge < -0.3 is 25.6 Å². The van der Waals surface area contributed by atoms with Crippen LogP contribution in [0.3, 0.4) is 0 Å². The molecule has 1 amide bonds. The molecule has 7 heteroatoms. The fourth-order valence-electron chi connectivity index (χ4n) is 1.83. The predicted molar refractivity (Wildman–Crippen MR) is 78.0 cm³/mol. The molecule has 1 aromatic carbocycles. The monoisotopic (exact) mass is 296 g/mol. The van der Waals surface area contributed by atoms with E-state index in [0.717, 1.165) is 6.42 Å². The Morgan fingerprint density at radius 1 is 1.29 bits per heavy atom. The Balaban J connectivity index is 3.15. The van der Waals surface area contributed by atoms with Crippen molar-refractivity contribution < 1.29 is 24.2 Å². The van der Waals surface area contributed by atoms with E-state index in [9.17, 15) is 14.7 Å². The van der Waals surface area contributed by atoms with Gasteiger partial charge in [0.2, 0.25) is 5.91 Å². The Hall–Kier alpha value is -2.28. The van der Waals surface area contributed by atoms with Gasteiger partial charge in [-0.2, -0.15) is 0 Å². The highest BCUT2D eigenvalue weighted by Gasteiger charge is 2.20. The molecule has 4 N–H and O–H groups in total. The molecule has 7 nitrogen and oxygen atoms in total. The fraction of sp³-hybridized carbons (Fsp3) is 0.429. The van der Waals surface area contributed by atoms with Crippen LogP contribution in [0.25, 0.3) is 0 Å². The SMILES string of the molecule is CCCC(N)C(=O)Nc1cc(OC)c(OC)cc1C(=O)O. The van der Waals surface area contributed by atoms with Gasteiger partial charge in [-0.25, -0.2) is 4.79 Å². The summed E-state index contributed by atoms with van der Waals surface area (Å²) in [6.07, 6.45) is 1.27. The summed E-state index contributed by atoms with van der Waals surface area (Å²) in [4.78, 5) is 23.2. The molecule has 0 spiro atoms. The van der Waals surface area contributed by atoms with Crippen LogP contribution < -0.4 is 20.5 Å². The molecule has 116 valence electrons. The van der Waals surface area contributed by atoms with Crippen LogP contribution in [0.2, 0.25) is 0 Å². The van der Waals surface area contributed by atoms with Crippen LogP contribution >= 0.6 is 0 Å². The molecule has 1 aromatic rings. The van der Waals surface area contributed by atoms with E-state index in [2.05, 4.69) is 5.32 Å². The van der Waals surface area contributed by atoms with Gasteiger partial charge in [0.1, 0.15) is 0 Å². The number of carboxylic acid groups (broad SMARTS) is 1. The van der Waals surface area contributed by atoms with Crippen molar-refractivity contribution in [1.82, 2.24) is 0 Å². The number of carboxylic acids is 1. The largest absolute Gasteiger partial charge is 0.493 e. The van der Waals surface area contributed by atoms with Crippen LogP contribution in [-0.4, -0.2) is 37.2 Å². The van der Waals surface area contributed by atoms with Gasteiger partial charge in [0.25, 0.3) is 0 Å². The third-order valence-corrected chi connectivity index (χ3v) is 2.95. The van der Waals surface area contributed by atoms with Gasteiger partial charge in [-0.3, -0.25) is 4.79 Å². The molecule has 0 saturated heterocycles. The van der Waals surface area contributed by atoms with E-state index < -0.39 is 17.9 Å². The lowest BCUT2D eigenvalue weighted by atomic mass is 10.1. The van der Waals surface area contributed by atoms with E-state index in [4.69, 9.17) is 15.2 Å². The van der Waals surface area contributed by atoms with Crippen molar-refractivity contribution in [2.45, 2.75) is 25.8 Å². The zero-order valence-electron chi connectivity index (χ0n) is 12.3. The zero-order chi connectivity index (χ0) is 16.0. The topological polar surface area (TPSA) is 111 Å². The second-order valence-electron chi connectivity index (χ2n) is 4.44. The van der Waals surface area contributed by atoms with Gasteiger partial charge >= 0.3 is 5.97 Å². The molecular weight excluding hydrogens is 276 g/mol. The minimum absolute atomic E-state index is 0.0929. The molecule has 0 aromatic heterocycles. The number of anilines is 1. The van der Waals surface area contributed by atoms with Gasteiger partial charge in [0.15, 0.2) is 11.5 Å². The highest BCUT2D eigenvalue weighted by Crippen LogP contribution is 2.33. The van der Waals surface area contributed by atoms with Gasteiger partial charge in [-0.15, -0.1) is 0 Å². The van der Waals surface area contributed by atoms with Crippen LogP contribution in [0.1, 0.15) is 30.1 Å². The second-order valence-corrected chi connectivity index (χ2v) is 4.44. The van der Waals surface area contributed by atoms with Crippen molar-refractivity contribution in [2.24, 2.45) is 5.73 Å². The number of benzene rings is 1. The average molecular weight is 296 g/mol.